The molecule has 8 unspecified atom stereocenters. The summed E-state index contributed by atoms with van der Waals surface area (Å²) in [4.78, 5) is 98.7. The Kier molecular flexibility index (Phi) is 17.7. The Morgan fingerprint density at radius 3 is 2.37 bits per heavy atom. The minimum Gasteiger partial charge on any atom is -0.481 e. The van der Waals surface area contributed by atoms with Crippen molar-refractivity contribution in [1.29, 1.82) is 0 Å². The van der Waals surface area contributed by atoms with E-state index in [2.05, 4.69) is 50.3 Å². The van der Waals surface area contributed by atoms with Gasteiger partial charge in [-0.1, -0.05) is 41.5 Å². The lowest BCUT2D eigenvalue weighted by molar-refractivity contribution is -0.144. The predicted octanol–water partition coefficient (Wildman–Crippen LogP) is -0.849. The van der Waals surface area contributed by atoms with Crippen LogP contribution in [0.4, 0.5) is 5.82 Å². The van der Waals surface area contributed by atoms with Crippen molar-refractivity contribution in [2.75, 3.05) is 43.1 Å². The fourth-order valence-corrected chi connectivity index (χ4v) is 8.95. The summed E-state index contributed by atoms with van der Waals surface area (Å²) >= 11 is 3.83. The number of thioether (sulfide) groups is 1. The van der Waals surface area contributed by atoms with Gasteiger partial charge in [-0.3, -0.25) is 37.3 Å². The summed E-state index contributed by atoms with van der Waals surface area (Å²) in [6.45, 7) is 0.112. The van der Waals surface area contributed by atoms with Crippen LogP contribution in [0.25, 0.3) is 11.2 Å². The number of carbonyl (C=O) groups excluding carboxylic acids is 3. The molecule has 2 amide bonds. The zero-order valence-electron chi connectivity index (χ0n) is 29.8. The Hall–Kier alpha value is -2.49. The second-order valence-electron chi connectivity index (χ2n) is 12.6. The van der Waals surface area contributed by atoms with Gasteiger partial charge in [0.2, 0.25) is 16.9 Å². The van der Waals surface area contributed by atoms with E-state index in [9.17, 15) is 62.7 Å². The summed E-state index contributed by atoms with van der Waals surface area (Å²) in [6.07, 6.45) is -7.04. The third-order valence-corrected chi connectivity index (χ3v) is 12.3. The van der Waals surface area contributed by atoms with Gasteiger partial charge in [0.15, 0.2) is 17.7 Å². The molecule has 8 atom stereocenters. The lowest BCUT2D eigenvalue weighted by atomic mass is 9.87. The number of phosphoric ester groups is 3. The lowest BCUT2D eigenvalue weighted by Gasteiger charge is -2.30. The smallest absolute Gasteiger partial charge is 0.481 e. The maximum Gasteiger partial charge on any atom is 0.481 e. The summed E-state index contributed by atoms with van der Waals surface area (Å²) in [6, 6.07) is 0. The summed E-state index contributed by atoms with van der Waals surface area (Å²) in [5.41, 5.74) is 4.19. The number of hydrogen-bond acceptors (Lipinski definition) is 19. The Morgan fingerprint density at radius 1 is 1.07 bits per heavy atom. The van der Waals surface area contributed by atoms with Gasteiger partial charge in [0, 0.05) is 36.0 Å². The molecule has 2 aromatic rings. The van der Waals surface area contributed by atoms with E-state index in [0.717, 1.165) is 29.0 Å². The van der Waals surface area contributed by atoms with Crippen LogP contribution in [0.1, 0.15) is 32.9 Å². The molecular formula is C26H41BrN7O19P3S. The Balaban J connectivity index is 1.49. The fraction of sp³-hybridized carbons (Fsp3) is 0.654. The molecule has 31 heteroatoms. The van der Waals surface area contributed by atoms with Gasteiger partial charge >= 0.3 is 29.4 Å². The molecular weight excluding hydrogens is 919 g/mol. The van der Waals surface area contributed by atoms with E-state index in [0.29, 0.717) is 5.33 Å². The summed E-state index contributed by atoms with van der Waals surface area (Å²) in [7, 11) is -16.5. The number of rotatable bonds is 23. The summed E-state index contributed by atoms with van der Waals surface area (Å²) in [5, 5.41) is 35.1. The van der Waals surface area contributed by atoms with Gasteiger partial charge in [-0.2, -0.15) is 4.31 Å². The number of carbonyl (C=O) groups is 4. The molecule has 0 aliphatic carbocycles. The van der Waals surface area contributed by atoms with Gasteiger partial charge in [-0.15, -0.1) is 0 Å². The molecule has 1 fully saturated rings. The standard InChI is InChI=1S/C26H41BrN7O19P3S/c1-26(2,19(37)22(38)30-6-4-15(35)29-7-8-57-25(41)13(3-5-27)24(39)40)10-50-56(47,48)53-55(45,46)49-9-14-18(52-54(42,43)44)17(36)23(51-14)34-12-33-16-20(28)31-11-32-21(16)34/h11-14,17-19,23,36-37H,3-10H2,1-2H3,(H,29,35)(H,30,38)(H,39,40)(H,45,46)(H,47,48)(H2,28,31,32)(H2,42,43,44). The maximum atomic E-state index is 12.7. The van der Waals surface area contributed by atoms with Crippen LogP contribution in [0.5, 0.6) is 0 Å². The SMILES string of the molecule is CC(C)(COP(=O)(O)OP(=O)(O)OCC1OC(n2cnc3c(N)ncnc32)C(O)C1OP(=O)(O)O)C(O)C(=O)NCCC(=O)NCCSC(=O)C(CCBr)C(=O)O. The number of nitrogens with zero attached hydrogens (tertiary/aromatic N) is 4. The Labute approximate surface area is 335 Å². The number of aliphatic carboxylic acids is 1. The number of carboxylic acids is 1. The predicted molar refractivity (Wildman–Crippen MR) is 197 cm³/mol. The molecule has 0 bridgehead atoms. The van der Waals surface area contributed by atoms with Gasteiger partial charge in [-0.05, 0) is 6.42 Å². The summed E-state index contributed by atoms with van der Waals surface area (Å²) < 4.78 is 62.0. The molecule has 11 N–H and O–H groups in total. The van der Waals surface area contributed by atoms with Crippen molar-refractivity contribution >= 4 is 91.0 Å². The maximum absolute atomic E-state index is 12.7. The molecule has 3 rings (SSSR count). The number of hydrogen-bond donors (Lipinski definition) is 10. The fourth-order valence-electron chi connectivity index (χ4n) is 4.83. The first-order valence-electron chi connectivity index (χ1n) is 16.2. The lowest BCUT2D eigenvalue weighted by Crippen LogP contribution is -2.46. The molecule has 322 valence electrons. The second kappa shape index (κ2) is 20.7. The third kappa shape index (κ3) is 14.6. The van der Waals surface area contributed by atoms with Crippen LogP contribution >= 0.6 is 51.2 Å². The van der Waals surface area contributed by atoms with E-state index < -0.39 is 102 Å². The monoisotopic (exact) mass is 959 g/mol. The molecule has 1 aliphatic heterocycles. The van der Waals surface area contributed by atoms with Crippen LogP contribution in [0.2, 0.25) is 0 Å². The van der Waals surface area contributed by atoms with E-state index in [1.165, 1.54) is 13.8 Å². The van der Waals surface area contributed by atoms with E-state index in [-0.39, 0.29) is 48.7 Å². The molecule has 0 spiro atoms. The Bertz CT molecular complexity index is 1910. The third-order valence-electron chi connectivity index (χ3n) is 7.73. The quantitative estimate of drug-likeness (QED) is 0.0281. The average Bonchev–Trinajstić information content (AvgIpc) is 3.66. The molecule has 2 aromatic heterocycles. The van der Waals surface area contributed by atoms with Crippen molar-refractivity contribution < 1.29 is 90.4 Å². The molecule has 1 saturated heterocycles. The first-order chi connectivity index (χ1) is 26.4. The van der Waals surface area contributed by atoms with Crippen molar-refractivity contribution in [1.82, 2.24) is 30.2 Å². The van der Waals surface area contributed by atoms with Gasteiger partial charge in [0.25, 0.3) is 0 Å². The average molecular weight is 961 g/mol. The molecule has 26 nitrogen and oxygen atoms in total. The van der Waals surface area contributed by atoms with Crippen LogP contribution in [-0.2, 0) is 55.5 Å². The number of imidazole rings is 1. The van der Waals surface area contributed by atoms with Gasteiger partial charge < -0.3 is 56.0 Å². The van der Waals surface area contributed by atoms with Crippen molar-refractivity contribution in [2.45, 2.75) is 57.3 Å². The number of aliphatic hydroxyl groups is 2. The van der Waals surface area contributed by atoms with Crippen LogP contribution in [0.15, 0.2) is 12.7 Å². The molecule has 0 radical (unpaired) electrons. The van der Waals surface area contributed by atoms with Gasteiger partial charge in [0.05, 0.1) is 19.5 Å². The van der Waals surface area contributed by atoms with Gasteiger partial charge in [-0.25, -0.2) is 28.6 Å². The number of aromatic nitrogens is 4. The molecule has 3 heterocycles. The zero-order chi connectivity index (χ0) is 42.9. The number of anilines is 1. The number of nitrogen functional groups attached to an aromatic ring is 1. The number of halogens is 1. The van der Waals surface area contributed by atoms with Crippen LogP contribution in [-0.4, -0.2) is 139 Å². The first-order valence-corrected chi connectivity index (χ1v) is 22.8. The number of nitrogens with two attached hydrogens (primary N) is 1. The molecule has 0 aromatic carbocycles. The summed E-state index contributed by atoms with van der Waals surface area (Å²) in [5.74, 6) is -3.98. The van der Waals surface area contributed by atoms with Crippen molar-refractivity contribution in [3.8, 4) is 0 Å². The van der Waals surface area contributed by atoms with Crippen molar-refractivity contribution in [2.24, 2.45) is 11.3 Å². The number of amides is 2. The van der Waals surface area contributed by atoms with E-state index >= 15 is 0 Å². The minimum absolute atomic E-state index is 0.0179. The van der Waals surface area contributed by atoms with Crippen LogP contribution < -0.4 is 16.4 Å². The van der Waals surface area contributed by atoms with E-state index in [4.69, 9.17) is 24.6 Å². The molecule has 1 aliphatic rings. The highest BCUT2D eigenvalue weighted by atomic mass is 79.9. The van der Waals surface area contributed by atoms with E-state index in [1.807, 2.05) is 0 Å². The number of nitrogens with one attached hydrogen (secondary N) is 2. The Morgan fingerprint density at radius 2 is 1.74 bits per heavy atom. The van der Waals surface area contributed by atoms with Crippen LogP contribution in [0, 0.1) is 11.3 Å². The number of aliphatic hydroxyl groups excluding tert-OH is 2. The highest BCUT2D eigenvalue weighted by Gasteiger charge is 2.50. The number of alkyl halides is 1. The molecule has 0 saturated carbocycles. The normalized spacial score (nSPS) is 22.0. The highest BCUT2D eigenvalue weighted by molar-refractivity contribution is 9.09. The topological polar surface area (TPSA) is 401 Å². The van der Waals surface area contributed by atoms with Crippen molar-refractivity contribution in [3.05, 3.63) is 12.7 Å². The zero-order valence-corrected chi connectivity index (χ0v) is 34.9. The minimum atomic E-state index is -5.59. The number of carboxylic acid groups (broad SMARTS) is 1. The van der Waals surface area contributed by atoms with E-state index in [1.54, 1.807) is 0 Å². The number of phosphoric acid groups is 3. The van der Waals surface area contributed by atoms with Crippen LogP contribution in [0.3, 0.4) is 0 Å². The molecule has 57 heavy (non-hydrogen) atoms. The first kappa shape index (κ1) is 48.9. The number of ether oxygens (including phenoxy) is 1. The highest BCUT2D eigenvalue weighted by Crippen LogP contribution is 2.61. The number of fused-ring (bicyclic) bond motifs is 1. The second-order valence-corrected chi connectivity index (χ2v) is 18.7. The van der Waals surface area contributed by atoms with Crippen molar-refractivity contribution in [3.63, 3.8) is 0 Å². The largest absolute Gasteiger partial charge is 0.481 e. The van der Waals surface area contributed by atoms with Gasteiger partial charge in [0.1, 0.15) is 42.2 Å².